The average Bonchev–Trinajstić information content (AvgIpc) is 2.95. The van der Waals surface area contributed by atoms with E-state index in [2.05, 4.69) is 4.52 Å². The Morgan fingerprint density at radius 3 is 2.28 bits per heavy atom. The Hall–Kier alpha value is 0.165. The normalized spacial score (nSPS) is 38.8. The molecule has 2 aliphatic rings. The van der Waals surface area contributed by atoms with Crippen LogP contribution in [-0.2, 0) is 32.2 Å². The van der Waals surface area contributed by atoms with Gasteiger partial charge < -0.3 is 29.3 Å². The molecule has 0 aromatic carbocycles. The van der Waals surface area contributed by atoms with Gasteiger partial charge in [0.1, 0.15) is 26.2 Å². The average molecular weight is 404 g/mol. The fourth-order valence-corrected chi connectivity index (χ4v) is 4.11. The number of phosphoric ester groups is 2. The predicted octanol–water partition coefficient (Wildman–Crippen LogP) is -1.12. The quantitative estimate of drug-likeness (QED) is 0.287. The Balaban J connectivity index is 1.86. The second-order valence-electron chi connectivity index (χ2n) is 6.20. The Morgan fingerprint density at radius 2 is 1.72 bits per heavy atom. The highest BCUT2D eigenvalue weighted by molar-refractivity contribution is 7.47. The van der Waals surface area contributed by atoms with Gasteiger partial charge in [-0.1, -0.05) is 0 Å². The standard InChI is InChI=1S/C11H23BO11P2/c1-6-2-8(10(21-6)5-19-24(14,15)16)23-25(17,18)20-4-9-7(13)3-11(12)22-9/h6-11,13H,2-5,12H2,1H3,(H,17,18)(H2,14,15,16)/t6-,7+,8+,9+,10+,11+/m0/s1. The molecule has 25 heavy (non-hydrogen) atoms. The summed E-state index contributed by atoms with van der Waals surface area (Å²) in [6.45, 7) is 0.856. The third kappa shape index (κ3) is 7.01. The molecule has 1 unspecified atom stereocenters. The van der Waals surface area contributed by atoms with Crippen molar-refractivity contribution in [3.8, 4) is 0 Å². The molecule has 0 radical (unpaired) electrons. The molecule has 14 heteroatoms. The summed E-state index contributed by atoms with van der Waals surface area (Å²) in [4.78, 5) is 27.3. The van der Waals surface area contributed by atoms with Crippen LogP contribution in [0.25, 0.3) is 0 Å². The molecule has 2 aliphatic heterocycles. The van der Waals surface area contributed by atoms with Crippen molar-refractivity contribution in [3.63, 3.8) is 0 Å². The lowest BCUT2D eigenvalue weighted by Gasteiger charge is -2.22. The molecule has 2 saturated heterocycles. The van der Waals surface area contributed by atoms with E-state index in [0.717, 1.165) is 0 Å². The number of rotatable bonds is 8. The summed E-state index contributed by atoms with van der Waals surface area (Å²) in [6, 6.07) is -0.180. The second kappa shape index (κ2) is 8.45. The van der Waals surface area contributed by atoms with E-state index in [-0.39, 0.29) is 25.1 Å². The minimum absolute atomic E-state index is 0.180. The number of hydrogen-bond acceptors (Lipinski definition) is 8. The lowest BCUT2D eigenvalue weighted by atomic mass is 9.96. The first kappa shape index (κ1) is 21.5. The zero-order chi connectivity index (χ0) is 18.8. The van der Waals surface area contributed by atoms with E-state index in [1.54, 1.807) is 14.8 Å². The maximum atomic E-state index is 12.1. The summed E-state index contributed by atoms with van der Waals surface area (Å²) in [5.74, 6) is 0. The maximum absolute atomic E-state index is 12.1. The number of aliphatic hydroxyl groups excluding tert-OH is 1. The highest BCUT2D eigenvalue weighted by Gasteiger charge is 2.41. The molecule has 2 heterocycles. The molecule has 0 aliphatic carbocycles. The van der Waals surface area contributed by atoms with E-state index in [9.17, 15) is 19.1 Å². The van der Waals surface area contributed by atoms with Crippen LogP contribution in [0.1, 0.15) is 19.8 Å². The van der Waals surface area contributed by atoms with Crippen molar-refractivity contribution in [2.75, 3.05) is 13.2 Å². The predicted molar refractivity (Wildman–Crippen MR) is 85.4 cm³/mol. The van der Waals surface area contributed by atoms with Gasteiger partial charge in [-0.3, -0.25) is 13.6 Å². The van der Waals surface area contributed by atoms with E-state index < -0.39 is 46.7 Å². The zero-order valence-corrected chi connectivity index (χ0v) is 15.6. The Kier molecular flexibility index (Phi) is 7.26. The van der Waals surface area contributed by atoms with Crippen molar-refractivity contribution < 1.29 is 52.0 Å². The number of ether oxygens (including phenoxy) is 2. The van der Waals surface area contributed by atoms with Gasteiger partial charge in [0.15, 0.2) is 0 Å². The first-order valence-corrected chi connectivity index (χ1v) is 10.8. The molecule has 0 saturated carbocycles. The Morgan fingerprint density at radius 1 is 1.08 bits per heavy atom. The lowest BCUT2D eigenvalue weighted by molar-refractivity contribution is -0.0298. The molecule has 11 nitrogen and oxygen atoms in total. The molecule has 0 bridgehead atoms. The third-order valence-electron chi connectivity index (χ3n) is 3.87. The van der Waals surface area contributed by atoms with Crippen LogP contribution >= 0.6 is 15.6 Å². The number of phosphoric acid groups is 2. The smallest absolute Gasteiger partial charge is 0.390 e. The zero-order valence-electron chi connectivity index (χ0n) is 13.8. The molecule has 2 fully saturated rings. The maximum Gasteiger partial charge on any atom is 0.472 e. The summed E-state index contributed by atoms with van der Waals surface area (Å²) in [5.41, 5.74) is 0. The van der Waals surface area contributed by atoms with Gasteiger partial charge in [0.05, 0.1) is 25.4 Å². The first-order chi connectivity index (χ1) is 11.5. The summed E-state index contributed by atoms with van der Waals surface area (Å²) in [6.07, 6.45) is -3.12. The van der Waals surface area contributed by atoms with Gasteiger partial charge >= 0.3 is 15.6 Å². The SMILES string of the molecule is B[C@H]1C[C@@H](O)[C@@H](COP(=O)(O)O[C@@H]2C[C@H](C)O[C@@H]2COP(=O)(O)O)O1. The molecule has 0 aromatic rings. The van der Waals surface area contributed by atoms with Crippen LogP contribution < -0.4 is 0 Å². The number of hydrogen-bond donors (Lipinski definition) is 4. The van der Waals surface area contributed by atoms with Crippen LogP contribution in [0.2, 0.25) is 0 Å². The monoisotopic (exact) mass is 404 g/mol. The second-order valence-corrected chi connectivity index (χ2v) is 8.85. The topological polar surface area (TPSA) is 161 Å². The van der Waals surface area contributed by atoms with E-state index in [0.29, 0.717) is 6.42 Å². The van der Waals surface area contributed by atoms with Crippen molar-refractivity contribution in [2.24, 2.45) is 0 Å². The van der Waals surface area contributed by atoms with Crippen LogP contribution in [0, 0.1) is 0 Å². The molecule has 0 spiro atoms. The van der Waals surface area contributed by atoms with Crippen molar-refractivity contribution in [3.05, 3.63) is 0 Å². The van der Waals surface area contributed by atoms with Crippen molar-refractivity contribution in [1.29, 1.82) is 0 Å². The Labute approximate surface area is 145 Å². The highest BCUT2D eigenvalue weighted by atomic mass is 31.2. The fraction of sp³-hybridized carbons (Fsp3) is 1.00. The molecule has 0 aromatic heterocycles. The van der Waals surface area contributed by atoms with Crippen LogP contribution in [0.15, 0.2) is 0 Å². The third-order valence-corrected chi connectivity index (χ3v) is 5.37. The molecule has 4 N–H and O–H groups in total. The number of aliphatic hydroxyl groups is 1. The minimum atomic E-state index is -4.70. The summed E-state index contributed by atoms with van der Waals surface area (Å²) in [7, 11) is -7.42. The first-order valence-electron chi connectivity index (χ1n) is 7.80. The van der Waals surface area contributed by atoms with Crippen molar-refractivity contribution >= 4 is 23.5 Å². The molecular weight excluding hydrogens is 381 g/mol. The molecule has 7 atom stereocenters. The minimum Gasteiger partial charge on any atom is -0.390 e. The summed E-state index contributed by atoms with van der Waals surface area (Å²) < 4.78 is 47.9. The Bertz CT molecular complexity index is 542. The van der Waals surface area contributed by atoms with Gasteiger partial charge in [0.25, 0.3) is 0 Å². The van der Waals surface area contributed by atoms with E-state index in [4.69, 9.17) is 28.3 Å². The summed E-state index contributed by atoms with van der Waals surface area (Å²) >= 11 is 0. The molecule has 0 amide bonds. The molecule has 146 valence electrons. The van der Waals surface area contributed by atoms with Crippen molar-refractivity contribution in [2.45, 2.75) is 56.3 Å². The fourth-order valence-electron chi connectivity index (χ4n) is 2.80. The van der Waals surface area contributed by atoms with Crippen LogP contribution in [0.4, 0.5) is 0 Å². The molecule has 2 rings (SSSR count). The van der Waals surface area contributed by atoms with Gasteiger partial charge in [-0.15, -0.1) is 0 Å². The van der Waals surface area contributed by atoms with Crippen LogP contribution in [0.5, 0.6) is 0 Å². The largest absolute Gasteiger partial charge is 0.472 e. The van der Waals surface area contributed by atoms with Gasteiger partial charge in [-0.05, 0) is 13.3 Å². The van der Waals surface area contributed by atoms with Crippen LogP contribution in [-0.4, -0.2) is 77.4 Å². The van der Waals surface area contributed by atoms with Gasteiger partial charge in [0, 0.05) is 12.4 Å². The lowest BCUT2D eigenvalue weighted by Crippen LogP contribution is -2.30. The van der Waals surface area contributed by atoms with Gasteiger partial charge in [0.2, 0.25) is 0 Å². The molecular formula is C11H23BO11P2. The summed E-state index contributed by atoms with van der Waals surface area (Å²) in [5, 5.41) is 9.74. The van der Waals surface area contributed by atoms with E-state index >= 15 is 0 Å². The van der Waals surface area contributed by atoms with E-state index in [1.807, 2.05) is 0 Å². The van der Waals surface area contributed by atoms with Gasteiger partial charge in [-0.25, -0.2) is 9.13 Å². The van der Waals surface area contributed by atoms with Crippen molar-refractivity contribution in [1.82, 2.24) is 0 Å². The van der Waals surface area contributed by atoms with E-state index in [1.165, 1.54) is 0 Å². The van der Waals surface area contributed by atoms with Crippen LogP contribution in [0.3, 0.4) is 0 Å². The highest BCUT2D eigenvalue weighted by Crippen LogP contribution is 2.48. The van der Waals surface area contributed by atoms with Gasteiger partial charge in [-0.2, -0.15) is 0 Å².